The molecule has 43 heavy (non-hydrogen) atoms. The van der Waals surface area contributed by atoms with Crippen LogP contribution >= 0.6 is 27.3 Å². The first-order valence-electron chi connectivity index (χ1n) is 13.9. The lowest BCUT2D eigenvalue weighted by atomic mass is 10.1. The number of halogens is 1. The van der Waals surface area contributed by atoms with Crippen LogP contribution in [0.3, 0.4) is 0 Å². The van der Waals surface area contributed by atoms with E-state index in [-0.39, 0.29) is 0 Å². The SMILES string of the molecule is Brc1cccc(Oc2cc(N(C3=CC=[C+]C=C3)c3ccccc3)cc(N(c3ccccc3)c3csc4ccccc34)c2)c1. The van der Waals surface area contributed by atoms with Crippen LogP contribution in [0, 0.1) is 6.08 Å². The van der Waals surface area contributed by atoms with Crippen LogP contribution in [-0.2, 0) is 0 Å². The van der Waals surface area contributed by atoms with Gasteiger partial charge in [-0.2, -0.15) is 0 Å². The molecule has 5 aromatic carbocycles. The second-order valence-electron chi connectivity index (χ2n) is 9.96. The summed E-state index contributed by atoms with van der Waals surface area (Å²) in [5.41, 5.74) is 6.23. The topological polar surface area (TPSA) is 15.7 Å². The molecule has 0 fully saturated rings. The molecule has 1 aromatic heterocycles. The fraction of sp³-hybridized carbons (Fsp3) is 0. The van der Waals surface area contributed by atoms with Crippen LogP contribution < -0.4 is 14.5 Å². The lowest BCUT2D eigenvalue weighted by molar-refractivity contribution is 0.482. The van der Waals surface area contributed by atoms with Gasteiger partial charge in [0.15, 0.2) is 5.70 Å². The summed E-state index contributed by atoms with van der Waals surface area (Å²) >= 11 is 5.35. The third kappa shape index (κ3) is 5.75. The minimum absolute atomic E-state index is 0.731. The predicted molar refractivity (Wildman–Crippen MR) is 184 cm³/mol. The van der Waals surface area contributed by atoms with Gasteiger partial charge in [-0.15, -0.1) is 11.3 Å². The van der Waals surface area contributed by atoms with Crippen molar-refractivity contribution in [2.45, 2.75) is 0 Å². The Labute approximate surface area is 264 Å². The smallest absolute Gasteiger partial charge is 0.160 e. The molecule has 7 rings (SSSR count). The second-order valence-corrected chi connectivity index (χ2v) is 11.8. The maximum atomic E-state index is 6.57. The Morgan fingerprint density at radius 3 is 2.05 bits per heavy atom. The zero-order valence-electron chi connectivity index (χ0n) is 23.1. The minimum Gasteiger partial charge on any atom is -0.457 e. The molecule has 0 bridgehead atoms. The third-order valence-corrected chi connectivity index (χ3v) is 8.56. The first-order chi connectivity index (χ1) is 21.2. The van der Waals surface area contributed by atoms with E-state index in [0.29, 0.717) is 0 Å². The summed E-state index contributed by atoms with van der Waals surface area (Å²) in [7, 11) is 0. The van der Waals surface area contributed by atoms with Gasteiger partial charge in [0.25, 0.3) is 0 Å². The molecule has 0 unspecified atom stereocenters. The maximum absolute atomic E-state index is 6.57. The molecule has 0 atom stereocenters. The zero-order valence-corrected chi connectivity index (χ0v) is 25.5. The molecule has 5 heteroatoms. The summed E-state index contributed by atoms with van der Waals surface area (Å²) in [4.78, 5) is 4.57. The van der Waals surface area contributed by atoms with Crippen LogP contribution in [0.15, 0.2) is 167 Å². The Morgan fingerprint density at radius 2 is 1.33 bits per heavy atom. The van der Waals surface area contributed by atoms with Crippen LogP contribution in [0.4, 0.5) is 28.4 Å². The third-order valence-electron chi connectivity index (χ3n) is 7.11. The molecule has 0 radical (unpaired) electrons. The standard InChI is InChI=1S/C38H26BrN2OS/c39-28-13-12-20-34(23-28)42-35-25-32(40(29-14-4-1-5-15-29)30-16-6-2-7-17-30)24-33(26-35)41(31-18-8-3-9-19-31)37-27-43-38-22-11-10-21-36(37)38/h1,3-27H/q+1. The molecule has 0 spiro atoms. The number of benzene rings is 5. The number of thiophene rings is 1. The Morgan fingerprint density at radius 1 is 0.628 bits per heavy atom. The zero-order chi connectivity index (χ0) is 29.0. The highest BCUT2D eigenvalue weighted by Crippen LogP contribution is 2.45. The van der Waals surface area contributed by atoms with Crippen molar-refractivity contribution in [1.29, 1.82) is 0 Å². The Kier molecular flexibility index (Phi) is 7.60. The molecule has 6 aromatic rings. The fourth-order valence-corrected chi connectivity index (χ4v) is 6.55. The van der Waals surface area contributed by atoms with Gasteiger partial charge >= 0.3 is 0 Å². The van der Waals surface area contributed by atoms with Crippen LogP contribution in [-0.4, -0.2) is 0 Å². The van der Waals surface area contributed by atoms with Gasteiger partial charge in [-0.25, -0.2) is 0 Å². The number of fused-ring (bicyclic) bond motifs is 1. The van der Waals surface area contributed by atoms with Crippen LogP contribution in [0.2, 0.25) is 0 Å². The largest absolute Gasteiger partial charge is 0.457 e. The number of anilines is 5. The molecule has 1 aliphatic rings. The van der Waals surface area contributed by atoms with E-state index < -0.39 is 0 Å². The highest BCUT2D eigenvalue weighted by Gasteiger charge is 2.23. The lowest BCUT2D eigenvalue weighted by Crippen LogP contribution is -2.17. The summed E-state index contributed by atoms with van der Waals surface area (Å²) in [6.07, 6.45) is 11.2. The van der Waals surface area contributed by atoms with Crippen LogP contribution in [0.25, 0.3) is 10.1 Å². The van der Waals surface area contributed by atoms with E-state index in [9.17, 15) is 0 Å². The first kappa shape index (κ1) is 26.9. The van der Waals surface area contributed by atoms with Crippen molar-refractivity contribution in [3.63, 3.8) is 0 Å². The van der Waals surface area contributed by atoms with E-state index in [2.05, 4.69) is 146 Å². The van der Waals surface area contributed by atoms with E-state index in [0.717, 1.165) is 50.1 Å². The normalized spacial score (nSPS) is 12.1. The van der Waals surface area contributed by atoms with Gasteiger partial charge in [-0.3, -0.25) is 4.90 Å². The average Bonchev–Trinajstić information content (AvgIpc) is 3.47. The molecule has 206 valence electrons. The van der Waals surface area contributed by atoms with Gasteiger partial charge in [0, 0.05) is 49.5 Å². The van der Waals surface area contributed by atoms with Crippen LogP contribution in [0.5, 0.6) is 11.5 Å². The van der Waals surface area contributed by atoms with E-state index in [1.54, 1.807) is 11.3 Å². The van der Waals surface area contributed by atoms with Gasteiger partial charge < -0.3 is 9.64 Å². The summed E-state index contributed by atoms with van der Waals surface area (Å²) in [5.74, 6) is 1.49. The van der Waals surface area contributed by atoms with Crippen molar-refractivity contribution in [2.75, 3.05) is 9.80 Å². The van der Waals surface area contributed by atoms with Crippen molar-refractivity contribution < 1.29 is 4.74 Å². The molecule has 0 aliphatic heterocycles. The number of ether oxygens (including phenoxy) is 1. The molecular formula is C38H26BrN2OS+. The number of para-hydroxylation sites is 2. The molecule has 3 nitrogen and oxygen atoms in total. The molecule has 0 saturated carbocycles. The maximum Gasteiger partial charge on any atom is 0.160 e. The molecule has 0 saturated heterocycles. The number of hydrogen-bond acceptors (Lipinski definition) is 4. The average molecular weight is 639 g/mol. The van der Waals surface area contributed by atoms with Crippen LogP contribution in [0.1, 0.15) is 0 Å². The summed E-state index contributed by atoms with van der Waals surface area (Å²) in [6.45, 7) is 0. The van der Waals surface area contributed by atoms with Gasteiger partial charge in [-0.1, -0.05) is 76.6 Å². The van der Waals surface area contributed by atoms with E-state index in [1.165, 1.54) is 10.1 Å². The summed E-state index contributed by atoms with van der Waals surface area (Å²) in [6, 6.07) is 43.9. The summed E-state index contributed by atoms with van der Waals surface area (Å²) < 4.78 is 8.77. The number of allylic oxidation sites excluding steroid dienone is 5. The fourth-order valence-electron chi connectivity index (χ4n) is 5.24. The number of hydrogen-bond donors (Lipinski definition) is 0. The van der Waals surface area contributed by atoms with Gasteiger partial charge in [0.1, 0.15) is 23.7 Å². The monoisotopic (exact) mass is 637 g/mol. The molecule has 0 amide bonds. The highest BCUT2D eigenvalue weighted by atomic mass is 79.9. The second kappa shape index (κ2) is 12.1. The van der Waals surface area contributed by atoms with E-state index in [4.69, 9.17) is 4.74 Å². The molecular weight excluding hydrogens is 612 g/mol. The minimum atomic E-state index is 0.731. The molecule has 1 aliphatic carbocycles. The highest BCUT2D eigenvalue weighted by molar-refractivity contribution is 9.10. The van der Waals surface area contributed by atoms with Crippen molar-refractivity contribution in [3.8, 4) is 11.5 Å². The van der Waals surface area contributed by atoms with Gasteiger partial charge in [0.2, 0.25) is 0 Å². The number of nitrogens with zero attached hydrogens (tertiary/aromatic N) is 2. The van der Waals surface area contributed by atoms with Gasteiger partial charge in [-0.05, 0) is 54.6 Å². The lowest BCUT2D eigenvalue weighted by Gasteiger charge is -2.29. The Hall–Kier alpha value is -4.93. The Bertz CT molecular complexity index is 1980. The Balaban J connectivity index is 1.46. The first-order valence-corrected chi connectivity index (χ1v) is 15.6. The van der Waals surface area contributed by atoms with Crippen molar-refractivity contribution in [1.82, 2.24) is 0 Å². The molecule has 1 heterocycles. The van der Waals surface area contributed by atoms with E-state index >= 15 is 0 Å². The molecule has 0 N–H and O–H groups in total. The summed E-state index contributed by atoms with van der Waals surface area (Å²) in [5, 5.41) is 3.44. The van der Waals surface area contributed by atoms with Crippen molar-refractivity contribution in [3.05, 3.63) is 173 Å². The number of rotatable bonds is 8. The van der Waals surface area contributed by atoms with E-state index in [1.807, 2.05) is 42.5 Å². The van der Waals surface area contributed by atoms with Crippen molar-refractivity contribution >= 4 is 65.8 Å². The quantitative estimate of drug-likeness (QED) is 0.154. The van der Waals surface area contributed by atoms with Crippen molar-refractivity contribution in [2.24, 2.45) is 0 Å². The van der Waals surface area contributed by atoms with Gasteiger partial charge in [0.05, 0.1) is 29.2 Å². The predicted octanol–water partition coefficient (Wildman–Crippen LogP) is 11.9.